The van der Waals surface area contributed by atoms with E-state index in [0.717, 1.165) is 100 Å². The molecule has 7 heterocycles. The van der Waals surface area contributed by atoms with Gasteiger partial charge in [-0.3, -0.25) is 39.3 Å². The van der Waals surface area contributed by atoms with Crippen molar-refractivity contribution in [2.45, 2.75) is 70.5 Å². The highest BCUT2D eigenvalue weighted by Crippen LogP contribution is 2.46. The second kappa shape index (κ2) is 14.5. The van der Waals surface area contributed by atoms with Crippen molar-refractivity contribution in [2.75, 3.05) is 60.5 Å². The van der Waals surface area contributed by atoms with Crippen LogP contribution in [0.25, 0.3) is 4.85 Å². The number of hydrogen-bond donors (Lipinski definition) is 1. The van der Waals surface area contributed by atoms with Crippen LogP contribution in [0.1, 0.15) is 78.3 Å². The highest BCUT2D eigenvalue weighted by atomic mass is 35.5. The van der Waals surface area contributed by atoms with E-state index in [4.69, 9.17) is 23.2 Å². The van der Waals surface area contributed by atoms with E-state index in [1.165, 1.54) is 12.1 Å². The van der Waals surface area contributed by atoms with Crippen LogP contribution in [0.2, 0.25) is 5.02 Å². The monoisotopic (exact) mass is 774 g/mol. The molecule has 5 saturated heterocycles. The zero-order valence-electron chi connectivity index (χ0n) is 31.8. The zero-order chi connectivity index (χ0) is 38.7. The third-order valence-corrected chi connectivity index (χ3v) is 13.8. The Hall–Kier alpha value is -4.99. The average Bonchev–Trinajstić information content (AvgIpc) is 3.63. The van der Waals surface area contributed by atoms with E-state index in [1.807, 2.05) is 24.3 Å². The first-order valence-corrected chi connectivity index (χ1v) is 20.4. The molecule has 6 aliphatic rings. The van der Waals surface area contributed by atoms with Crippen LogP contribution >= 0.6 is 11.6 Å². The lowest BCUT2D eigenvalue weighted by Gasteiger charge is -2.47. The number of fused-ring (bicyclic) bond motifs is 1. The minimum atomic E-state index is -0.954. The van der Waals surface area contributed by atoms with Crippen molar-refractivity contribution in [1.82, 2.24) is 20.1 Å². The second-order valence-corrected chi connectivity index (χ2v) is 17.3. The van der Waals surface area contributed by atoms with Gasteiger partial charge in [0, 0.05) is 68.1 Å². The standard InChI is InChI=1S/C43H47ClN8O4/c1-27-21-43(26-51(27)32-6-8-37(45-2)36(44)20-32)13-17-49(18-14-43)33-4-3-30(46-22-33)25-48-15-11-28(12-16-48)29-23-50(24-29)31-5-7-34-35(19-31)42(56)52(41(34)55)38-9-10-39(53)47-40(38)54/h3-8,19-20,22,27-29,38H,9-18,21,23-26H2,1H3,(H,47,53,54)/t27-,38?/m0/s1. The number of amides is 4. The summed E-state index contributed by atoms with van der Waals surface area (Å²) in [5, 5.41) is 2.78. The number of likely N-dealkylation sites (tertiary alicyclic amines) is 1. The van der Waals surface area contributed by atoms with Crippen LogP contribution in [0.3, 0.4) is 0 Å². The van der Waals surface area contributed by atoms with Gasteiger partial charge >= 0.3 is 0 Å². The number of nitrogens with zero attached hydrogens (tertiary/aromatic N) is 7. The molecule has 12 nitrogen and oxygen atoms in total. The maximum Gasteiger partial charge on any atom is 0.262 e. The molecule has 0 aliphatic carbocycles. The van der Waals surface area contributed by atoms with Gasteiger partial charge in [-0.2, -0.15) is 0 Å². The van der Waals surface area contributed by atoms with Gasteiger partial charge in [-0.05, 0) is 118 Å². The molecular formula is C43H47ClN8O4. The van der Waals surface area contributed by atoms with Gasteiger partial charge in [-0.15, -0.1) is 0 Å². The largest absolute Gasteiger partial charge is 0.371 e. The summed E-state index contributed by atoms with van der Waals surface area (Å²) in [6, 6.07) is 15.2. The summed E-state index contributed by atoms with van der Waals surface area (Å²) >= 11 is 6.39. The van der Waals surface area contributed by atoms with E-state index >= 15 is 0 Å². The minimum absolute atomic E-state index is 0.106. The Kier molecular flexibility index (Phi) is 9.49. The van der Waals surface area contributed by atoms with Gasteiger partial charge in [0.25, 0.3) is 11.8 Å². The molecule has 1 aromatic heterocycles. The lowest BCUT2D eigenvalue weighted by Crippen LogP contribution is -2.54. The molecule has 0 saturated carbocycles. The smallest absolute Gasteiger partial charge is 0.262 e. The number of piperidine rings is 3. The van der Waals surface area contributed by atoms with Gasteiger partial charge < -0.3 is 14.7 Å². The number of benzene rings is 2. The van der Waals surface area contributed by atoms with Crippen molar-refractivity contribution >= 4 is 58.0 Å². The van der Waals surface area contributed by atoms with Crippen LogP contribution < -0.4 is 20.0 Å². The summed E-state index contributed by atoms with van der Waals surface area (Å²) in [4.78, 5) is 69.6. The van der Waals surface area contributed by atoms with E-state index in [1.54, 1.807) is 12.1 Å². The van der Waals surface area contributed by atoms with Gasteiger partial charge in [0.15, 0.2) is 0 Å². The number of carbonyl (C=O) groups excluding carboxylic acids is 4. The minimum Gasteiger partial charge on any atom is -0.371 e. The quantitative estimate of drug-likeness (QED) is 0.231. The molecule has 13 heteroatoms. The Morgan fingerprint density at radius 3 is 2.29 bits per heavy atom. The molecule has 1 unspecified atom stereocenters. The topological polar surface area (TPSA) is 114 Å². The first kappa shape index (κ1) is 36.6. The van der Waals surface area contributed by atoms with Crippen LogP contribution in [0.15, 0.2) is 54.7 Å². The predicted molar refractivity (Wildman–Crippen MR) is 214 cm³/mol. The van der Waals surface area contributed by atoms with Gasteiger partial charge in [-0.1, -0.05) is 17.7 Å². The molecule has 0 radical (unpaired) electrons. The Morgan fingerprint density at radius 2 is 1.59 bits per heavy atom. The number of nitrogens with one attached hydrogen (secondary N) is 1. The summed E-state index contributed by atoms with van der Waals surface area (Å²) in [5.74, 6) is -0.662. The zero-order valence-corrected chi connectivity index (χ0v) is 32.5. The lowest BCUT2D eigenvalue weighted by atomic mass is 9.76. The third-order valence-electron chi connectivity index (χ3n) is 13.5. The number of pyridine rings is 1. The number of aromatic nitrogens is 1. The first-order valence-electron chi connectivity index (χ1n) is 20.0. The second-order valence-electron chi connectivity index (χ2n) is 16.9. The third kappa shape index (κ3) is 6.68. The van der Waals surface area contributed by atoms with Crippen molar-refractivity contribution in [3.8, 4) is 0 Å². The maximum absolute atomic E-state index is 13.3. The normalized spacial score (nSPS) is 24.4. The van der Waals surface area contributed by atoms with Crippen LogP contribution in [-0.4, -0.2) is 96.3 Å². The fourth-order valence-corrected chi connectivity index (χ4v) is 10.4. The van der Waals surface area contributed by atoms with E-state index < -0.39 is 23.8 Å². The summed E-state index contributed by atoms with van der Waals surface area (Å²) < 4.78 is 0. The molecule has 9 rings (SSSR count). The number of imide groups is 2. The molecule has 290 valence electrons. The van der Waals surface area contributed by atoms with E-state index in [2.05, 4.69) is 55.0 Å². The molecule has 56 heavy (non-hydrogen) atoms. The van der Waals surface area contributed by atoms with Gasteiger partial charge in [0.05, 0.1) is 35.3 Å². The molecule has 5 fully saturated rings. The molecular weight excluding hydrogens is 728 g/mol. The highest BCUT2D eigenvalue weighted by molar-refractivity contribution is 6.33. The average molecular weight is 775 g/mol. The number of hydrogen-bond acceptors (Lipinski definition) is 9. The summed E-state index contributed by atoms with van der Waals surface area (Å²) in [6.07, 6.45) is 8.09. The van der Waals surface area contributed by atoms with Gasteiger partial charge in [-0.25, -0.2) is 4.85 Å². The maximum atomic E-state index is 13.3. The van der Waals surface area contributed by atoms with Crippen LogP contribution in [-0.2, 0) is 16.1 Å². The highest BCUT2D eigenvalue weighted by Gasteiger charge is 2.46. The van der Waals surface area contributed by atoms with Gasteiger partial charge in [0.2, 0.25) is 17.5 Å². The molecule has 3 aromatic rings. The molecule has 4 amide bonds. The first-order chi connectivity index (χ1) is 27.1. The summed E-state index contributed by atoms with van der Waals surface area (Å²) in [6.45, 7) is 17.5. The number of anilines is 3. The van der Waals surface area contributed by atoms with E-state index in [9.17, 15) is 19.2 Å². The Morgan fingerprint density at radius 1 is 0.857 bits per heavy atom. The van der Waals surface area contributed by atoms with Crippen molar-refractivity contribution in [2.24, 2.45) is 17.3 Å². The van der Waals surface area contributed by atoms with Crippen LogP contribution in [0.5, 0.6) is 0 Å². The molecule has 0 bridgehead atoms. The van der Waals surface area contributed by atoms with Crippen molar-refractivity contribution in [1.29, 1.82) is 0 Å². The molecule has 1 spiro atoms. The lowest BCUT2D eigenvalue weighted by molar-refractivity contribution is -0.136. The summed E-state index contributed by atoms with van der Waals surface area (Å²) in [5.41, 5.74) is 5.80. The van der Waals surface area contributed by atoms with Crippen molar-refractivity contribution < 1.29 is 19.2 Å². The van der Waals surface area contributed by atoms with Crippen molar-refractivity contribution in [3.63, 3.8) is 0 Å². The van der Waals surface area contributed by atoms with E-state index in [-0.39, 0.29) is 18.7 Å². The van der Waals surface area contributed by atoms with Crippen molar-refractivity contribution in [3.05, 3.63) is 88.0 Å². The van der Waals surface area contributed by atoms with Crippen LogP contribution in [0.4, 0.5) is 22.7 Å². The predicted octanol–water partition coefficient (Wildman–Crippen LogP) is 5.92. The van der Waals surface area contributed by atoms with Gasteiger partial charge in [0.1, 0.15) is 6.04 Å². The number of rotatable bonds is 7. The SMILES string of the molecule is [C-]#[N+]c1ccc(N2CC3(CCN(c4ccc(CN5CCC(C6CN(c7ccc8c(c7)C(=O)N(C7CCC(=O)NC7=O)C8=O)C6)CC5)nc4)CC3)C[C@@H]2C)cc1Cl. The fraction of sp³-hybridized carbons (Fsp3) is 0.488. The Bertz CT molecular complexity index is 2110. The Balaban J connectivity index is 0.725. The van der Waals surface area contributed by atoms with Crippen LogP contribution in [0, 0.1) is 23.8 Å². The molecule has 1 N–H and O–H groups in total. The number of carbonyl (C=O) groups is 4. The molecule has 2 aromatic carbocycles. The molecule has 2 atom stereocenters. The molecule has 6 aliphatic heterocycles. The number of halogens is 1. The summed E-state index contributed by atoms with van der Waals surface area (Å²) in [7, 11) is 0. The fourth-order valence-electron chi connectivity index (χ4n) is 10.2. The Labute approximate surface area is 332 Å². The van der Waals surface area contributed by atoms with E-state index in [0.29, 0.717) is 45.1 Å².